The highest BCUT2D eigenvalue weighted by Crippen LogP contribution is 2.51. The van der Waals surface area contributed by atoms with Gasteiger partial charge in [-0.1, -0.05) is 44.1 Å². The van der Waals surface area contributed by atoms with Gasteiger partial charge in [-0.05, 0) is 49.9 Å². The first-order valence-electron chi connectivity index (χ1n) is 6.40. The quantitative estimate of drug-likeness (QED) is 0.542. The van der Waals surface area contributed by atoms with Crippen molar-refractivity contribution < 1.29 is 0 Å². The molecule has 0 aromatic carbocycles. The molecule has 0 saturated heterocycles. The average molecular weight is 204 g/mol. The summed E-state index contributed by atoms with van der Waals surface area (Å²) < 4.78 is 0. The molecule has 0 aromatic rings. The molecule has 84 valence electrons. The van der Waals surface area contributed by atoms with E-state index in [1.165, 1.54) is 37.7 Å². The molecule has 0 heteroatoms. The van der Waals surface area contributed by atoms with Gasteiger partial charge in [-0.3, -0.25) is 0 Å². The fourth-order valence-electron chi connectivity index (χ4n) is 3.49. The Morgan fingerprint density at radius 3 is 2.80 bits per heavy atom. The molecule has 0 bridgehead atoms. The van der Waals surface area contributed by atoms with Gasteiger partial charge in [0.25, 0.3) is 0 Å². The highest BCUT2D eigenvalue weighted by atomic mass is 14.4. The topological polar surface area (TPSA) is 0 Å². The van der Waals surface area contributed by atoms with Crippen molar-refractivity contribution in [2.24, 2.45) is 17.3 Å². The molecule has 3 atom stereocenters. The van der Waals surface area contributed by atoms with Crippen LogP contribution in [0.15, 0.2) is 23.8 Å². The molecule has 15 heavy (non-hydrogen) atoms. The van der Waals surface area contributed by atoms with Gasteiger partial charge in [0.15, 0.2) is 0 Å². The predicted octanol–water partition coefficient (Wildman–Crippen LogP) is 4.73. The lowest BCUT2D eigenvalue weighted by Crippen LogP contribution is -2.32. The zero-order valence-electron chi connectivity index (χ0n) is 10.5. The molecule has 0 radical (unpaired) electrons. The highest BCUT2D eigenvalue weighted by molar-refractivity contribution is 5.26. The summed E-state index contributed by atoms with van der Waals surface area (Å²) in [5.74, 6) is 1.47. The molecule has 2 aliphatic rings. The minimum absolute atomic E-state index is 0.531. The van der Waals surface area contributed by atoms with Gasteiger partial charge in [0, 0.05) is 0 Å². The molecule has 0 spiro atoms. The zero-order chi connectivity index (χ0) is 11.1. The molecule has 0 amide bonds. The summed E-state index contributed by atoms with van der Waals surface area (Å²) in [5.41, 5.74) is 3.62. The monoisotopic (exact) mass is 204 g/mol. The maximum Gasteiger partial charge on any atom is -0.00254 e. The second-order valence-corrected chi connectivity index (χ2v) is 5.97. The Balaban J connectivity index is 2.29. The van der Waals surface area contributed by atoms with E-state index in [9.17, 15) is 0 Å². The van der Waals surface area contributed by atoms with E-state index < -0.39 is 0 Å². The van der Waals surface area contributed by atoms with E-state index >= 15 is 0 Å². The van der Waals surface area contributed by atoms with Crippen molar-refractivity contribution in [3.05, 3.63) is 23.8 Å². The van der Waals surface area contributed by atoms with Gasteiger partial charge < -0.3 is 0 Å². The molecule has 0 nitrogen and oxygen atoms in total. The first kappa shape index (κ1) is 11.0. The van der Waals surface area contributed by atoms with E-state index in [0.717, 1.165) is 5.92 Å². The second kappa shape index (κ2) is 3.81. The minimum Gasteiger partial charge on any atom is -0.0995 e. The molecule has 0 aromatic heterocycles. The molecular weight excluding hydrogens is 180 g/mol. The number of hydrogen-bond acceptors (Lipinski definition) is 0. The molecular formula is C15H24. The van der Waals surface area contributed by atoms with E-state index in [4.69, 9.17) is 0 Å². The fourth-order valence-corrected chi connectivity index (χ4v) is 3.49. The zero-order valence-corrected chi connectivity index (χ0v) is 10.5. The molecule has 0 aliphatic heterocycles. The Morgan fingerprint density at radius 2 is 2.13 bits per heavy atom. The maximum atomic E-state index is 4.12. The Hall–Kier alpha value is -0.520. The van der Waals surface area contributed by atoms with Crippen molar-refractivity contribution in [2.45, 2.75) is 52.9 Å². The molecule has 1 saturated carbocycles. The van der Waals surface area contributed by atoms with Gasteiger partial charge in [-0.25, -0.2) is 0 Å². The van der Waals surface area contributed by atoms with Crippen molar-refractivity contribution in [3.63, 3.8) is 0 Å². The Kier molecular flexibility index (Phi) is 2.79. The third-order valence-electron chi connectivity index (χ3n) is 4.61. The third kappa shape index (κ3) is 1.91. The van der Waals surface area contributed by atoms with Gasteiger partial charge in [0.1, 0.15) is 0 Å². The van der Waals surface area contributed by atoms with Crippen molar-refractivity contribution in [2.75, 3.05) is 0 Å². The largest absolute Gasteiger partial charge is 0.0995 e. The summed E-state index contributed by atoms with van der Waals surface area (Å²) in [6, 6.07) is 0. The molecule has 2 aliphatic carbocycles. The fraction of sp³-hybridized carbons (Fsp3) is 0.733. The van der Waals surface area contributed by atoms with Crippen LogP contribution in [0, 0.1) is 17.3 Å². The Morgan fingerprint density at radius 1 is 1.40 bits per heavy atom. The van der Waals surface area contributed by atoms with Gasteiger partial charge in [0.05, 0.1) is 0 Å². The van der Waals surface area contributed by atoms with Crippen LogP contribution >= 0.6 is 0 Å². The van der Waals surface area contributed by atoms with Crippen LogP contribution in [0.3, 0.4) is 0 Å². The number of allylic oxidation sites excluding steroid dienone is 3. The Labute approximate surface area is 94.5 Å². The van der Waals surface area contributed by atoms with Crippen LogP contribution in [0.1, 0.15) is 52.9 Å². The maximum absolute atomic E-state index is 4.12. The number of rotatable bonds is 1. The second-order valence-electron chi connectivity index (χ2n) is 5.97. The van der Waals surface area contributed by atoms with Crippen LogP contribution in [0.25, 0.3) is 0 Å². The van der Waals surface area contributed by atoms with Gasteiger partial charge in [-0.15, -0.1) is 0 Å². The minimum atomic E-state index is 0.531. The van der Waals surface area contributed by atoms with Crippen molar-refractivity contribution >= 4 is 0 Å². The van der Waals surface area contributed by atoms with Crippen LogP contribution < -0.4 is 0 Å². The first-order chi connectivity index (χ1) is 7.03. The van der Waals surface area contributed by atoms with E-state index in [1.807, 2.05) is 0 Å². The van der Waals surface area contributed by atoms with Crippen LogP contribution in [0.2, 0.25) is 0 Å². The van der Waals surface area contributed by atoms with Gasteiger partial charge >= 0.3 is 0 Å². The number of hydrogen-bond donors (Lipinski definition) is 0. The van der Waals surface area contributed by atoms with Crippen LogP contribution in [0.5, 0.6) is 0 Å². The van der Waals surface area contributed by atoms with Crippen molar-refractivity contribution in [1.29, 1.82) is 0 Å². The van der Waals surface area contributed by atoms with Crippen molar-refractivity contribution in [1.82, 2.24) is 0 Å². The number of fused-ring (bicyclic) bond motifs is 1. The van der Waals surface area contributed by atoms with Gasteiger partial charge in [-0.2, -0.15) is 0 Å². The SMILES string of the molecule is C=C(C)[C@H]1C=C2[C@@H](C)CCC[C@]2(C)CC1. The summed E-state index contributed by atoms with van der Waals surface area (Å²) in [5, 5.41) is 0. The summed E-state index contributed by atoms with van der Waals surface area (Å²) in [6.45, 7) is 11.2. The molecule has 1 fully saturated rings. The standard InChI is InChI=1S/C15H24/c1-11(2)13-7-9-15(4)8-5-6-12(3)14(15)10-13/h10,12-13H,1,5-9H2,2-4H3/t12-,13+,15+/m0/s1. The van der Waals surface area contributed by atoms with E-state index in [-0.39, 0.29) is 0 Å². The van der Waals surface area contributed by atoms with Gasteiger partial charge in [0.2, 0.25) is 0 Å². The molecule has 0 unspecified atom stereocenters. The smallest absolute Gasteiger partial charge is 0.00254 e. The Bertz CT molecular complexity index is 297. The van der Waals surface area contributed by atoms with E-state index in [1.54, 1.807) is 5.57 Å². The summed E-state index contributed by atoms with van der Waals surface area (Å²) in [4.78, 5) is 0. The molecule has 0 N–H and O–H groups in total. The predicted molar refractivity (Wildman–Crippen MR) is 66.7 cm³/mol. The molecule has 0 heterocycles. The van der Waals surface area contributed by atoms with Crippen LogP contribution in [-0.4, -0.2) is 0 Å². The third-order valence-corrected chi connectivity index (χ3v) is 4.61. The summed E-state index contributed by atoms with van der Waals surface area (Å²) >= 11 is 0. The summed E-state index contributed by atoms with van der Waals surface area (Å²) in [7, 11) is 0. The van der Waals surface area contributed by atoms with Crippen LogP contribution in [0.4, 0.5) is 0 Å². The highest BCUT2D eigenvalue weighted by Gasteiger charge is 2.38. The van der Waals surface area contributed by atoms with E-state index in [2.05, 4.69) is 33.4 Å². The van der Waals surface area contributed by atoms with E-state index in [0.29, 0.717) is 11.3 Å². The van der Waals surface area contributed by atoms with Crippen LogP contribution in [-0.2, 0) is 0 Å². The lowest BCUT2D eigenvalue weighted by molar-refractivity contribution is 0.218. The lowest BCUT2D eigenvalue weighted by Gasteiger charge is -2.44. The average Bonchev–Trinajstić information content (AvgIpc) is 2.17. The first-order valence-corrected chi connectivity index (χ1v) is 6.40. The summed E-state index contributed by atoms with van der Waals surface area (Å²) in [6.07, 6.45) is 9.47. The van der Waals surface area contributed by atoms with Crippen molar-refractivity contribution in [3.8, 4) is 0 Å². The lowest BCUT2D eigenvalue weighted by atomic mass is 9.60. The molecule has 2 rings (SSSR count). The normalized spacial score (nSPS) is 40.6.